The van der Waals surface area contributed by atoms with Crippen LogP contribution in [0.15, 0.2) is 12.2 Å². The van der Waals surface area contributed by atoms with Crippen LogP contribution in [-0.4, -0.2) is 11.6 Å². The maximum Gasteiger partial charge on any atom is 0.311 e. The molecule has 0 N–H and O–H groups in total. The first kappa shape index (κ1) is 44.4. The zero-order valence-corrected chi connectivity index (χ0v) is 34.8. The van der Waals surface area contributed by atoms with E-state index in [4.69, 9.17) is 9.47 Å². The van der Waals surface area contributed by atoms with E-state index in [-0.39, 0.29) is 11.6 Å². The molecule has 0 saturated heterocycles. The maximum atomic E-state index is 12.9. The van der Waals surface area contributed by atoms with Crippen LogP contribution >= 0.6 is 0 Å². The van der Waals surface area contributed by atoms with E-state index in [9.17, 15) is 4.79 Å². The highest BCUT2D eigenvalue weighted by molar-refractivity contribution is 5.74. The molecule has 2 rings (SSSR count). The molecular weight excluding hydrogens is 613 g/mol. The van der Waals surface area contributed by atoms with Gasteiger partial charge in [0.2, 0.25) is 0 Å². The zero-order chi connectivity index (χ0) is 36.8. The Labute approximate surface area is 311 Å². The second-order valence-corrected chi connectivity index (χ2v) is 17.2. The van der Waals surface area contributed by atoms with Crippen molar-refractivity contribution in [3.63, 3.8) is 0 Å². The highest BCUT2D eigenvalue weighted by Crippen LogP contribution is 2.45. The molecule has 0 radical (unpaired) electrons. The van der Waals surface area contributed by atoms with E-state index in [0.29, 0.717) is 6.42 Å². The largest absolute Gasteiger partial charge is 0.487 e. The Bertz CT molecular complexity index is 1100. The second kappa shape index (κ2) is 25.2. The number of allylic oxidation sites excluding steroid dienone is 2. The maximum absolute atomic E-state index is 12.9. The number of hydrogen-bond acceptors (Lipinski definition) is 3. The monoisotopic (exact) mass is 695 g/mol. The predicted molar refractivity (Wildman–Crippen MR) is 218 cm³/mol. The molecule has 1 aromatic carbocycles. The average molecular weight is 695 g/mol. The highest BCUT2D eigenvalue weighted by Gasteiger charge is 2.34. The van der Waals surface area contributed by atoms with Crippen molar-refractivity contribution in [1.82, 2.24) is 0 Å². The third kappa shape index (κ3) is 17.6. The number of hydrogen-bond donors (Lipinski definition) is 0. The summed E-state index contributed by atoms with van der Waals surface area (Å²) in [4.78, 5) is 12.9. The van der Waals surface area contributed by atoms with Crippen LogP contribution in [-0.2, 0) is 11.2 Å². The number of rotatable bonds is 28. The zero-order valence-electron chi connectivity index (χ0n) is 34.8. The van der Waals surface area contributed by atoms with E-state index >= 15 is 0 Å². The SMILES string of the molecule is CCCCCCCC/C=C\CCCCCCCC(=O)Oc1c(C)c(C)c2c(c1C)CC[C@](C)(CCC[C@@H](C)CCC[C@@H](C)CCCC(C)C)O2. The van der Waals surface area contributed by atoms with Gasteiger partial charge in [-0.05, 0) is 120 Å². The lowest BCUT2D eigenvalue weighted by atomic mass is 9.83. The van der Waals surface area contributed by atoms with Gasteiger partial charge in [0.25, 0.3) is 0 Å². The van der Waals surface area contributed by atoms with Gasteiger partial charge in [0.1, 0.15) is 17.1 Å². The van der Waals surface area contributed by atoms with Gasteiger partial charge >= 0.3 is 5.97 Å². The van der Waals surface area contributed by atoms with Crippen molar-refractivity contribution in [2.45, 2.75) is 228 Å². The number of carbonyl (C=O) groups excluding carboxylic acids is 1. The Balaban J connectivity index is 1.69. The van der Waals surface area contributed by atoms with Gasteiger partial charge in [-0.2, -0.15) is 0 Å². The minimum Gasteiger partial charge on any atom is -0.487 e. The molecule has 1 aromatic rings. The molecule has 1 heterocycles. The molecule has 50 heavy (non-hydrogen) atoms. The topological polar surface area (TPSA) is 35.5 Å². The molecule has 3 nitrogen and oxygen atoms in total. The van der Waals surface area contributed by atoms with Crippen molar-refractivity contribution in [3.8, 4) is 11.5 Å². The van der Waals surface area contributed by atoms with Crippen LogP contribution < -0.4 is 9.47 Å². The van der Waals surface area contributed by atoms with E-state index in [2.05, 4.69) is 74.5 Å². The lowest BCUT2D eigenvalue weighted by Gasteiger charge is -2.38. The van der Waals surface area contributed by atoms with Crippen molar-refractivity contribution in [3.05, 3.63) is 34.4 Å². The van der Waals surface area contributed by atoms with Gasteiger partial charge in [0.15, 0.2) is 0 Å². The van der Waals surface area contributed by atoms with Crippen LogP contribution in [0.2, 0.25) is 0 Å². The molecule has 0 saturated carbocycles. The fourth-order valence-corrected chi connectivity index (χ4v) is 7.92. The standard InChI is InChI=1S/C47H82O3/c1-10-11-12-13-14-15-16-17-18-19-20-21-22-23-24-33-44(48)49-45-40(6)41(7)46-43(42(45)8)34-36-47(9,50-46)35-27-32-39(5)31-26-30-38(4)29-25-28-37(2)3/h17-18,37-39H,10-16,19-36H2,1-9H3/b18-17-/t38-,39-,47-/m0/s1. The molecule has 3 atom stereocenters. The summed E-state index contributed by atoms with van der Waals surface area (Å²) < 4.78 is 12.9. The van der Waals surface area contributed by atoms with Crippen molar-refractivity contribution >= 4 is 5.97 Å². The Kier molecular flexibility index (Phi) is 22.4. The Morgan fingerprint density at radius 2 is 1.24 bits per heavy atom. The predicted octanol–water partition coefficient (Wildman–Crippen LogP) is 15.1. The highest BCUT2D eigenvalue weighted by atomic mass is 16.5. The van der Waals surface area contributed by atoms with Crippen LogP contribution in [0.25, 0.3) is 0 Å². The summed E-state index contributed by atoms with van der Waals surface area (Å²) in [5.74, 6) is 4.21. The summed E-state index contributed by atoms with van der Waals surface area (Å²) in [6.45, 7) is 20.5. The van der Waals surface area contributed by atoms with Crippen molar-refractivity contribution in [1.29, 1.82) is 0 Å². The fraction of sp³-hybridized carbons (Fsp3) is 0.809. The Hall–Kier alpha value is -1.77. The van der Waals surface area contributed by atoms with Gasteiger partial charge in [-0.15, -0.1) is 0 Å². The molecule has 0 unspecified atom stereocenters. The quantitative estimate of drug-likeness (QED) is 0.0379. The molecule has 0 aromatic heterocycles. The van der Waals surface area contributed by atoms with Crippen LogP contribution in [0, 0.1) is 38.5 Å². The summed E-state index contributed by atoms with van der Waals surface area (Å²) in [5, 5.41) is 0. The van der Waals surface area contributed by atoms with Gasteiger partial charge < -0.3 is 9.47 Å². The second-order valence-electron chi connectivity index (χ2n) is 17.2. The summed E-state index contributed by atoms with van der Waals surface area (Å²) in [6, 6.07) is 0. The summed E-state index contributed by atoms with van der Waals surface area (Å²) in [6.07, 6.45) is 35.5. The summed E-state index contributed by atoms with van der Waals surface area (Å²) in [7, 11) is 0. The average Bonchev–Trinajstić information content (AvgIpc) is 3.07. The van der Waals surface area contributed by atoms with Crippen LogP contribution in [0.3, 0.4) is 0 Å². The van der Waals surface area contributed by atoms with E-state index in [1.807, 2.05) is 0 Å². The smallest absolute Gasteiger partial charge is 0.311 e. The summed E-state index contributed by atoms with van der Waals surface area (Å²) in [5.41, 5.74) is 4.40. The van der Waals surface area contributed by atoms with Crippen LogP contribution in [0.5, 0.6) is 11.5 Å². The molecule has 0 aliphatic carbocycles. The van der Waals surface area contributed by atoms with Gasteiger partial charge in [-0.25, -0.2) is 0 Å². The van der Waals surface area contributed by atoms with E-state index in [1.54, 1.807) is 0 Å². The van der Waals surface area contributed by atoms with Gasteiger partial charge in [-0.1, -0.05) is 143 Å². The number of fused-ring (bicyclic) bond motifs is 1. The van der Waals surface area contributed by atoms with Crippen molar-refractivity contribution in [2.24, 2.45) is 17.8 Å². The lowest BCUT2D eigenvalue weighted by molar-refractivity contribution is -0.134. The lowest BCUT2D eigenvalue weighted by Crippen LogP contribution is -2.37. The molecule has 1 aliphatic heterocycles. The first-order valence-electron chi connectivity index (χ1n) is 21.6. The van der Waals surface area contributed by atoms with E-state index in [0.717, 1.165) is 78.0 Å². The van der Waals surface area contributed by atoms with Gasteiger partial charge in [-0.3, -0.25) is 4.79 Å². The van der Waals surface area contributed by atoms with Crippen molar-refractivity contribution < 1.29 is 14.3 Å². The Morgan fingerprint density at radius 1 is 0.700 bits per heavy atom. The molecule has 1 aliphatic rings. The molecular formula is C47H82O3. The van der Waals surface area contributed by atoms with E-state index in [1.165, 1.54) is 128 Å². The number of esters is 1. The van der Waals surface area contributed by atoms with Crippen LogP contribution in [0.4, 0.5) is 0 Å². The minimum atomic E-state index is -0.122. The van der Waals surface area contributed by atoms with Gasteiger partial charge in [0.05, 0.1) is 0 Å². The number of unbranched alkanes of at least 4 members (excludes halogenated alkanes) is 11. The normalized spacial score (nSPS) is 17.2. The number of carbonyl (C=O) groups is 1. The van der Waals surface area contributed by atoms with Crippen molar-refractivity contribution in [2.75, 3.05) is 0 Å². The third-order valence-electron chi connectivity index (χ3n) is 11.7. The molecule has 0 fully saturated rings. The molecule has 288 valence electrons. The van der Waals surface area contributed by atoms with E-state index < -0.39 is 0 Å². The molecule has 0 amide bonds. The molecule has 0 spiro atoms. The Morgan fingerprint density at radius 3 is 1.84 bits per heavy atom. The minimum absolute atomic E-state index is 0.0931. The number of ether oxygens (including phenoxy) is 2. The summed E-state index contributed by atoms with van der Waals surface area (Å²) >= 11 is 0. The molecule has 0 bridgehead atoms. The fourth-order valence-electron chi connectivity index (χ4n) is 7.92. The first-order valence-corrected chi connectivity index (χ1v) is 21.6. The van der Waals surface area contributed by atoms with Crippen LogP contribution in [0.1, 0.15) is 218 Å². The first-order chi connectivity index (χ1) is 24.0. The van der Waals surface area contributed by atoms with Gasteiger partial charge in [0, 0.05) is 12.0 Å². The third-order valence-corrected chi connectivity index (χ3v) is 11.7. The molecule has 3 heteroatoms. The number of benzene rings is 1.